The lowest BCUT2D eigenvalue weighted by Gasteiger charge is -2.26. The zero-order valence-electron chi connectivity index (χ0n) is 12.9. The van der Waals surface area contributed by atoms with Gasteiger partial charge >= 0.3 is 6.03 Å². The average Bonchev–Trinajstić information content (AvgIpc) is 2.98. The summed E-state index contributed by atoms with van der Waals surface area (Å²) in [5.41, 5.74) is 2.53. The lowest BCUT2D eigenvalue weighted by Crippen LogP contribution is -2.41. The van der Waals surface area contributed by atoms with E-state index in [-0.39, 0.29) is 12.1 Å². The molecular weight excluding hydrogens is 248 g/mol. The third-order valence-electron chi connectivity index (χ3n) is 4.09. The second-order valence-corrected chi connectivity index (χ2v) is 5.96. The molecule has 1 aromatic carbocycles. The molecule has 1 fully saturated rings. The highest BCUT2D eigenvalue weighted by molar-refractivity contribution is 5.75. The molecule has 1 N–H and O–H groups in total. The highest BCUT2D eigenvalue weighted by Crippen LogP contribution is 2.23. The van der Waals surface area contributed by atoms with Gasteiger partial charge in [-0.1, -0.05) is 45.0 Å². The van der Waals surface area contributed by atoms with Gasteiger partial charge in [0.2, 0.25) is 0 Å². The number of likely N-dealkylation sites (tertiary alicyclic amines) is 1. The molecular formula is C17H26N2O. The molecule has 2 amide bonds. The van der Waals surface area contributed by atoms with E-state index in [1.807, 2.05) is 4.90 Å². The number of benzene rings is 1. The van der Waals surface area contributed by atoms with E-state index in [2.05, 4.69) is 50.4 Å². The zero-order chi connectivity index (χ0) is 14.5. The van der Waals surface area contributed by atoms with Gasteiger partial charge in [0.15, 0.2) is 0 Å². The van der Waals surface area contributed by atoms with E-state index < -0.39 is 0 Å². The summed E-state index contributed by atoms with van der Waals surface area (Å²) in [7, 11) is 0. The molecule has 3 heteroatoms. The van der Waals surface area contributed by atoms with E-state index in [4.69, 9.17) is 0 Å². The van der Waals surface area contributed by atoms with Gasteiger partial charge in [-0.05, 0) is 36.3 Å². The topological polar surface area (TPSA) is 32.3 Å². The molecule has 1 unspecified atom stereocenters. The molecule has 3 nitrogen and oxygen atoms in total. The minimum Gasteiger partial charge on any atom is -0.331 e. The van der Waals surface area contributed by atoms with Crippen molar-refractivity contribution in [2.75, 3.05) is 13.1 Å². The predicted molar refractivity (Wildman–Crippen MR) is 82.7 cm³/mol. The van der Waals surface area contributed by atoms with Crippen LogP contribution in [0.3, 0.4) is 0 Å². The smallest absolute Gasteiger partial charge is 0.317 e. The van der Waals surface area contributed by atoms with E-state index >= 15 is 0 Å². The Morgan fingerprint density at radius 2 is 1.80 bits per heavy atom. The van der Waals surface area contributed by atoms with Gasteiger partial charge in [0.25, 0.3) is 0 Å². The van der Waals surface area contributed by atoms with E-state index in [9.17, 15) is 4.79 Å². The second kappa shape index (κ2) is 6.78. The van der Waals surface area contributed by atoms with Crippen LogP contribution in [0, 0.1) is 5.92 Å². The second-order valence-electron chi connectivity index (χ2n) is 5.96. The van der Waals surface area contributed by atoms with Crippen LogP contribution in [0.4, 0.5) is 4.79 Å². The number of hydrogen-bond donors (Lipinski definition) is 1. The quantitative estimate of drug-likeness (QED) is 0.891. The summed E-state index contributed by atoms with van der Waals surface area (Å²) in [6.45, 7) is 8.26. The Balaban J connectivity index is 2.07. The van der Waals surface area contributed by atoms with Crippen molar-refractivity contribution in [2.24, 2.45) is 5.92 Å². The molecule has 110 valence electrons. The molecule has 0 aromatic heterocycles. The summed E-state index contributed by atoms with van der Waals surface area (Å²) in [6, 6.07) is 8.79. The summed E-state index contributed by atoms with van der Waals surface area (Å²) in [5.74, 6) is 0.383. The Hall–Kier alpha value is -1.51. The van der Waals surface area contributed by atoms with Crippen LogP contribution in [0.1, 0.15) is 50.8 Å². The number of nitrogens with zero attached hydrogens (tertiary/aromatic N) is 1. The van der Waals surface area contributed by atoms with Gasteiger partial charge in [-0.25, -0.2) is 4.79 Å². The number of carbonyl (C=O) groups excluding carboxylic acids is 1. The first-order chi connectivity index (χ1) is 9.61. The summed E-state index contributed by atoms with van der Waals surface area (Å²) in [4.78, 5) is 14.2. The molecule has 0 saturated carbocycles. The van der Waals surface area contributed by atoms with E-state index in [1.165, 1.54) is 11.1 Å². The normalized spacial score (nSPS) is 16.5. The third-order valence-corrected chi connectivity index (χ3v) is 4.09. The summed E-state index contributed by atoms with van der Waals surface area (Å²) >= 11 is 0. The Morgan fingerprint density at radius 3 is 2.30 bits per heavy atom. The third kappa shape index (κ3) is 3.53. The van der Waals surface area contributed by atoms with Crippen LogP contribution in [0.15, 0.2) is 24.3 Å². The van der Waals surface area contributed by atoms with Crippen LogP contribution >= 0.6 is 0 Å². The van der Waals surface area contributed by atoms with Crippen molar-refractivity contribution in [1.29, 1.82) is 0 Å². The lowest BCUT2D eigenvalue weighted by molar-refractivity contribution is 0.200. The number of nitrogens with one attached hydrogen (secondary N) is 1. The Bertz CT molecular complexity index is 433. The fourth-order valence-corrected chi connectivity index (χ4v) is 2.74. The molecule has 1 aliphatic rings. The first kappa shape index (κ1) is 14.9. The summed E-state index contributed by atoms with van der Waals surface area (Å²) in [6.07, 6.45) is 3.31. The van der Waals surface area contributed by atoms with Crippen LogP contribution in [-0.2, 0) is 6.42 Å². The van der Waals surface area contributed by atoms with Crippen LogP contribution in [0.5, 0.6) is 0 Å². The monoisotopic (exact) mass is 274 g/mol. The van der Waals surface area contributed by atoms with Crippen LogP contribution < -0.4 is 5.32 Å². The zero-order valence-corrected chi connectivity index (χ0v) is 12.9. The van der Waals surface area contributed by atoms with Crippen molar-refractivity contribution < 1.29 is 4.79 Å². The molecule has 1 heterocycles. The van der Waals surface area contributed by atoms with Gasteiger partial charge in [0.1, 0.15) is 0 Å². The molecule has 2 rings (SSSR count). The Labute approximate surface area is 122 Å². The van der Waals surface area contributed by atoms with E-state index in [1.54, 1.807) is 0 Å². The van der Waals surface area contributed by atoms with Gasteiger partial charge in [-0.3, -0.25) is 0 Å². The van der Waals surface area contributed by atoms with Gasteiger partial charge in [0.05, 0.1) is 6.04 Å². The number of carbonyl (C=O) groups is 1. The van der Waals surface area contributed by atoms with Crippen molar-refractivity contribution in [3.63, 3.8) is 0 Å². The van der Waals surface area contributed by atoms with Crippen LogP contribution in [0.25, 0.3) is 0 Å². The van der Waals surface area contributed by atoms with Crippen molar-refractivity contribution in [3.8, 4) is 0 Å². The fraction of sp³-hybridized carbons (Fsp3) is 0.588. The molecule has 0 radical (unpaired) electrons. The van der Waals surface area contributed by atoms with Gasteiger partial charge in [-0.15, -0.1) is 0 Å². The minimum absolute atomic E-state index is 0.0840. The van der Waals surface area contributed by atoms with Crippen LogP contribution in [-0.4, -0.2) is 24.0 Å². The summed E-state index contributed by atoms with van der Waals surface area (Å²) < 4.78 is 0. The maximum atomic E-state index is 12.3. The van der Waals surface area contributed by atoms with Crippen molar-refractivity contribution >= 4 is 6.03 Å². The van der Waals surface area contributed by atoms with Gasteiger partial charge in [-0.2, -0.15) is 0 Å². The van der Waals surface area contributed by atoms with E-state index in [0.29, 0.717) is 5.92 Å². The first-order valence-electron chi connectivity index (χ1n) is 7.76. The van der Waals surface area contributed by atoms with Crippen molar-refractivity contribution in [2.45, 2.75) is 46.1 Å². The highest BCUT2D eigenvalue weighted by Gasteiger charge is 2.23. The van der Waals surface area contributed by atoms with Crippen molar-refractivity contribution in [1.82, 2.24) is 10.2 Å². The first-order valence-corrected chi connectivity index (χ1v) is 7.76. The summed E-state index contributed by atoms with van der Waals surface area (Å²) in [5, 5.41) is 3.20. The maximum Gasteiger partial charge on any atom is 0.317 e. The number of urea groups is 1. The Morgan fingerprint density at radius 1 is 1.20 bits per heavy atom. The average molecular weight is 274 g/mol. The molecule has 1 atom stereocenters. The number of amides is 2. The lowest BCUT2D eigenvalue weighted by atomic mass is 9.95. The van der Waals surface area contributed by atoms with Crippen molar-refractivity contribution in [3.05, 3.63) is 35.4 Å². The molecule has 0 spiro atoms. The Kier molecular flexibility index (Phi) is 5.05. The SMILES string of the molecule is CCc1ccc(C(NC(=O)N2CCCC2)C(C)C)cc1. The number of rotatable bonds is 4. The highest BCUT2D eigenvalue weighted by atomic mass is 16.2. The number of hydrogen-bond acceptors (Lipinski definition) is 1. The van der Waals surface area contributed by atoms with Gasteiger partial charge in [0, 0.05) is 13.1 Å². The molecule has 1 saturated heterocycles. The predicted octanol–water partition coefficient (Wildman–Crippen LogP) is 3.75. The standard InChI is InChI=1S/C17H26N2O/c1-4-14-7-9-15(10-8-14)16(13(2)3)18-17(20)19-11-5-6-12-19/h7-10,13,16H,4-6,11-12H2,1-3H3,(H,18,20). The molecule has 1 aromatic rings. The minimum atomic E-state index is 0.0840. The molecule has 20 heavy (non-hydrogen) atoms. The molecule has 0 bridgehead atoms. The van der Waals surface area contributed by atoms with Gasteiger partial charge < -0.3 is 10.2 Å². The molecule has 1 aliphatic heterocycles. The maximum absolute atomic E-state index is 12.3. The van der Waals surface area contributed by atoms with E-state index in [0.717, 1.165) is 32.4 Å². The molecule has 0 aliphatic carbocycles. The number of aryl methyl sites for hydroxylation is 1. The fourth-order valence-electron chi connectivity index (χ4n) is 2.74. The van der Waals surface area contributed by atoms with Crippen LogP contribution in [0.2, 0.25) is 0 Å². The largest absolute Gasteiger partial charge is 0.331 e.